The average molecular weight is 243 g/mol. The van der Waals surface area contributed by atoms with Gasteiger partial charge in [0.05, 0.1) is 0 Å². The van der Waals surface area contributed by atoms with Crippen LogP contribution in [0.1, 0.15) is 64.2 Å². The number of carboxylic acid groups (broad SMARTS) is 2. The van der Waals surface area contributed by atoms with E-state index >= 15 is 0 Å². The summed E-state index contributed by atoms with van der Waals surface area (Å²) in [6.45, 7) is 0. The fourth-order valence-electron chi connectivity index (χ4n) is 3.30. The average Bonchev–Trinajstić information content (AvgIpc) is 2.30. The molecule has 0 heterocycles. The Balaban J connectivity index is 0.000000317. The van der Waals surface area contributed by atoms with Gasteiger partial charge in [-0.05, 0) is 31.6 Å². The van der Waals surface area contributed by atoms with Gasteiger partial charge in [-0.2, -0.15) is 0 Å². The molecule has 4 heteroatoms. The summed E-state index contributed by atoms with van der Waals surface area (Å²) in [5, 5.41) is 13.9. The summed E-state index contributed by atoms with van der Waals surface area (Å²) in [5.74, 6) is 0.863. The third kappa shape index (κ3) is 4.94. The number of nitrogens with two attached hydrogens (primary N) is 1. The van der Waals surface area contributed by atoms with Gasteiger partial charge >= 0.3 is 6.16 Å². The lowest BCUT2D eigenvalue weighted by Crippen LogP contribution is -2.49. The SMILES string of the molecule is NC1(C2CCCCC2)CCCCC1.O=C(O)O. The number of rotatable bonds is 1. The predicted octanol–water partition coefficient (Wildman–Crippen LogP) is 3.45. The molecule has 4 nitrogen and oxygen atoms in total. The van der Waals surface area contributed by atoms with Gasteiger partial charge in [0.2, 0.25) is 0 Å². The number of hydrogen-bond acceptors (Lipinski definition) is 2. The summed E-state index contributed by atoms with van der Waals surface area (Å²) in [4.78, 5) is 8.56. The van der Waals surface area contributed by atoms with Gasteiger partial charge in [0.15, 0.2) is 0 Å². The predicted molar refractivity (Wildman–Crippen MR) is 67.2 cm³/mol. The molecule has 0 radical (unpaired) electrons. The van der Waals surface area contributed by atoms with Crippen molar-refractivity contribution in [3.8, 4) is 0 Å². The summed E-state index contributed by atoms with van der Waals surface area (Å²) < 4.78 is 0. The molecule has 2 rings (SSSR count). The van der Waals surface area contributed by atoms with Gasteiger partial charge in [0.25, 0.3) is 0 Å². The third-order valence-electron chi connectivity index (χ3n) is 4.20. The van der Waals surface area contributed by atoms with Crippen molar-refractivity contribution in [3.63, 3.8) is 0 Å². The quantitative estimate of drug-likeness (QED) is 0.658. The molecule has 0 atom stereocenters. The largest absolute Gasteiger partial charge is 0.503 e. The minimum atomic E-state index is -1.83. The van der Waals surface area contributed by atoms with Gasteiger partial charge in [-0.1, -0.05) is 38.5 Å². The van der Waals surface area contributed by atoms with Gasteiger partial charge in [-0.25, -0.2) is 4.79 Å². The minimum absolute atomic E-state index is 0.249. The van der Waals surface area contributed by atoms with Gasteiger partial charge < -0.3 is 15.9 Å². The first-order chi connectivity index (χ1) is 8.04. The minimum Gasteiger partial charge on any atom is -0.450 e. The second kappa shape index (κ2) is 6.84. The Bertz CT molecular complexity index is 227. The Hall–Kier alpha value is -0.770. The fourth-order valence-corrected chi connectivity index (χ4v) is 3.30. The topological polar surface area (TPSA) is 83.6 Å². The highest BCUT2D eigenvalue weighted by atomic mass is 16.6. The van der Waals surface area contributed by atoms with Crippen LogP contribution in [0.5, 0.6) is 0 Å². The zero-order valence-corrected chi connectivity index (χ0v) is 10.5. The first-order valence-corrected chi connectivity index (χ1v) is 6.75. The van der Waals surface area contributed by atoms with Crippen molar-refractivity contribution < 1.29 is 15.0 Å². The van der Waals surface area contributed by atoms with E-state index in [9.17, 15) is 0 Å². The van der Waals surface area contributed by atoms with Crippen LogP contribution in [0.4, 0.5) is 4.79 Å². The van der Waals surface area contributed by atoms with E-state index in [4.69, 9.17) is 20.7 Å². The molecule has 2 saturated carbocycles. The van der Waals surface area contributed by atoms with Crippen LogP contribution in [-0.2, 0) is 0 Å². The molecule has 4 N–H and O–H groups in total. The zero-order chi connectivity index (χ0) is 12.7. The first-order valence-electron chi connectivity index (χ1n) is 6.75. The summed E-state index contributed by atoms with van der Waals surface area (Å²) in [5.41, 5.74) is 6.78. The van der Waals surface area contributed by atoms with Crippen molar-refractivity contribution in [3.05, 3.63) is 0 Å². The van der Waals surface area contributed by atoms with E-state index < -0.39 is 6.16 Å². The Labute approximate surface area is 103 Å². The summed E-state index contributed by atoms with van der Waals surface area (Å²) in [6.07, 6.45) is 12.1. The lowest BCUT2D eigenvalue weighted by molar-refractivity contribution is 0.137. The maximum Gasteiger partial charge on any atom is 0.503 e. The molecular formula is C13H25NO3. The molecule has 2 fully saturated rings. The third-order valence-corrected chi connectivity index (χ3v) is 4.20. The Morgan fingerprint density at radius 3 is 1.82 bits per heavy atom. The van der Waals surface area contributed by atoms with Crippen molar-refractivity contribution in [1.82, 2.24) is 0 Å². The second-order valence-electron chi connectivity index (χ2n) is 5.41. The molecule has 17 heavy (non-hydrogen) atoms. The van der Waals surface area contributed by atoms with Gasteiger partial charge in [-0.15, -0.1) is 0 Å². The molecule has 0 aromatic carbocycles. The van der Waals surface area contributed by atoms with Crippen molar-refractivity contribution in [2.24, 2.45) is 11.7 Å². The standard InChI is InChI=1S/C12H23N.CH2O3/c13-12(9-5-2-6-10-12)11-7-3-1-4-8-11;2-1(3)4/h11H,1-10,13H2;(H2,2,3,4). The molecule has 0 unspecified atom stereocenters. The van der Waals surface area contributed by atoms with Crippen molar-refractivity contribution in [2.75, 3.05) is 0 Å². The molecule has 0 spiro atoms. The Kier molecular flexibility index (Phi) is 5.75. The lowest BCUT2D eigenvalue weighted by atomic mass is 9.68. The molecule has 0 amide bonds. The molecule has 0 aromatic heterocycles. The van der Waals surface area contributed by atoms with E-state index in [0.717, 1.165) is 5.92 Å². The zero-order valence-electron chi connectivity index (χ0n) is 10.5. The van der Waals surface area contributed by atoms with E-state index in [1.54, 1.807) is 0 Å². The maximum absolute atomic E-state index is 8.56. The molecule has 2 aliphatic carbocycles. The molecule has 0 aliphatic heterocycles. The maximum atomic E-state index is 8.56. The smallest absolute Gasteiger partial charge is 0.450 e. The van der Waals surface area contributed by atoms with Gasteiger partial charge in [-0.3, -0.25) is 0 Å². The van der Waals surface area contributed by atoms with Crippen LogP contribution in [0.15, 0.2) is 0 Å². The molecular weight excluding hydrogens is 218 g/mol. The van der Waals surface area contributed by atoms with E-state index in [1.165, 1.54) is 64.2 Å². The highest BCUT2D eigenvalue weighted by Gasteiger charge is 2.36. The summed E-state index contributed by atoms with van der Waals surface area (Å²) >= 11 is 0. The highest BCUT2D eigenvalue weighted by Crippen LogP contribution is 2.39. The fraction of sp³-hybridized carbons (Fsp3) is 0.923. The van der Waals surface area contributed by atoms with Crippen LogP contribution in [0.2, 0.25) is 0 Å². The summed E-state index contributed by atoms with van der Waals surface area (Å²) in [7, 11) is 0. The Morgan fingerprint density at radius 2 is 1.35 bits per heavy atom. The van der Waals surface area contributed by atoms with Gasteiger partial charge in [0.1, 0.15) is 0 Å². The van der Waals surface area contributed by atoms with E-state index in [0.29, 0.717) is 0 Å². The molecule has 0 saturated heterocycles. The van der Waals surface area contributed by atoms with E-state index in [2.05, 4.69) is 0 Å². The number of carbonyl (C=O) groups is 1. The normalized spacial score (nSPS) is 24.5. The van der Waals surface area contributed by atoms with Crippen LogP contribution in [-0.4, -0.2) is 21.9 Å². The van der Waals surface area contributed by atoms with E-state index in [1.807, 2.05) is 0 Å². The Morgan fingerprint density at radius 1 is 0.941 bits per heavy atom. The highest BCUT2D eigenvalue weighted by molar-refractivity contribution is 5.53. The summed E-state index contributed by atoms with van der Waals surface area (Å²) in [6, 6.07) is 0. The molecule has 100 valence electrons. The van der Waals surface area contributed by atoms with Crippen molar-refractivity contribution in [2.45, 2.75) is 69.7 Å². The second-order valence-corrected chi connectivity index (χ2v) is 5.41. The molecule has 0 aromatic rings. The van der Waals surface area contributed by atoms with Crippen LogP contribution in [0.25, 0.3) is 0 Å². The number of hydrogen-bond donors (Lipinski definition) is 3. The monoisotopic (exact) mass is 243 g/mol. The van der Waals surface area contributed by atoms with Crippen LogP contribution in [0, 0.1) is 5.92 Å². The first kappa shape index (κ1) is 14.3. The van der Waals surface area contributed by atoms with Crippen molar-refractivity contribution >= 4 is 6.16 Å². The van der Waals surface area contributed by atoms with E-state index in [-0.39, 0.29) is 5.54 Å². The van der Waals surface area contributed by atoms with Crippen molar-refractivity contribution in [1.29, 1.82) is 0 Å². The van der Waals surface area contributed by atoms with Crippen LogP contribution < -0.4 is 5.73 Å². The molecule has 0 bridgehead atoms. The van der Waals surface area contributed by atoms with Crippen LogP contribution in [0.3, 0.4) is 0 Å². The van der Waals surface area contributed by atoms with Crippen LogP contribution >= 0.6 is 0 Å². The molecule has 2 aliphatic rings. The lowest BCUT2D eigenvalue weighted by Gasteiger charge is -2.42. The van der Waals surface area contributed by atoms with Gasteiger partial charge in [0, 0.05) is 5.54 Å².